The van der Waals surface area contributed by atoms with Crippen LogP contribution in [0.4, 0.5) is 5.69 Å². The molecule has 1 fully saturated rings. The number of halogens is 1. The number of benzene rings is 3. The number of hydrogen-bond donors (Lipinski definition) is 1. The zero-order valence-electron chi connectivity index (χ0n) is 25.6. The molecule has 2 amide bonds. The van der Waals surface area contributed by atoms with Crippen LogP contribution in [0.15, 0.2) is 111 Å². The number of anilines is 1. The molecule has 0 spiro atoms. The lowest BCUT2D eigenvalue weighted by Gasteiger charge is -2.41. The van der Waals surface area contributed by atoms with Crippen molar-refractivity contribution in [2.24, 2.45) is 23.7 Å². The van der Waals surface area contributed by atoms with Crippen LogP contribution in [0.3, 0.4) is 0 Å². The SMILES string of the molecule is COc1cc(C=C[C@H]2C3=CC[C@@H]4C(=O)N(c5ccc(-c6nc7ccccc7o6)cc5)C(=O)[C@@H]4[C@@H]3CC3=C2C(=O)C=C(Br)C3=O)ccc1O. The van der Waals surface area contributed by atoms with E-state index in [1.54, 1.807) is 36.4 Å². The molecule has 0 bridgehead atoms. The van der Waals surface area contributed by atoms with Crippen molar-refractivity contribution in [3.63, 3.8) is 0 Å². The number of carbonyl (C=O) groups excluding carboxylic acids is 4. The first kappa shape index (κ1) is 30.0. The van der Waals surface area contributed by atoms with Gasteiger partial charge in [0.15, 0.2) is 28.6 Å². The number of aromatic hydroxyl groups is 1. The van der Waals surface area contributed by atoms with Gasteiger partial charge in [-0.3, -0.25) is 24.1 Å². The van der Waals surface area contributed by atoms with E-state index < -0.39 is 23.7 Å². The van der Waals surface area contributed by atoms with Crippen LogP contribution in [0.5, 0.6) is 11.5 Å². The number of phenolic OH excluding ortho intramolecular Hbond substituents is 1. The van der Waals surface area contributed by atoms with Gasteiger partial charge in [-0.2, -0.15) is 0 Å². The van der Waals surface area contributed by atoms with Crippen molar-refractivity contribution >= 4 is 62.2 Å². The summed E-state index contributed by atoms with van der Waals surface area (Å²) in [6.07, 6.45) is 7.44. The average Bonchev–Trinajstić information content (AvgIpc) is 3.64. The van der Waals surface area contributed by atoms with Gasteiger partial charge in [0.05, 0.1) is 29.1 Å². The van der Waals surface area contributed by atoms with Gasteiger partial charge in [-0.25, -0.2) is 4.98 Å². The lowest BCUT2D eigenvalue weighted by Crippen LogP contribution is -2.40. The van der Waals surface area contributed by atoms with Crippen LogP contribution in [0, 0.1) is 23.7 Å². The predicted octanol–water partition coefficient (Wildman–Crippen LogP) is 6.72. The standard InChI is InChI=1S/C38H27BrN2O7/c1-47-32-16-19(7-15-29(32)42)6-12-23-22-13-14-24-34(25(22)17-26-33(23)30(43)18-27(39)35(26)44)38(46)41(37(24)45)21-10-8-20(9-11-21)36-40-28-4-2-3-5-31(28)48-36/h2-13,15-16,18,23-25,34,42H,14,17H2,1H3/t23-,24-,25+,34-/m0/s1. The lowest BCUT2D eigenvalue weighted by molar-refractivity contribution is -0.123. The van der Waals surface area contributed by atoms with E-state index in [1.165, 1.54) is 24.2 Å². The van der Waals surface area contributed by atoms with E-state index >= 15 is 0 Å². The topological polar surface area (TPSA) is 127 Å². The number of para-hydroxylation sites is 2. The Labute approximate surface area is 283 Å². The van der Waals surface area contributed by atoms with Crippen molar-refractivity contribution in [2.45, 2.75) is 12.8 Å². The molecule has 4 aliphatic rings. The van der Waals surface area contributed by atoms with Crippen molar-refractivity contribution in [3.05, 3.63) is 112 Å². The maximum atomic E-state index is 14.2. The minimum absolute atomic E-state index is 0.00347. The molecule has 3 aromatic carbocycles. The third kappa shape index (κ3) is 4.70. The number of oxazole rings is 1. The second-order valence-electron chi connectivity index (χ2n) is 12.3. The highest BCUT2D eigenvalue weighted by Gasteiger charge is 2.56. The van der Waals surface area contributed by atoms with Crippen LogP contribution < -0.4 is 9.64 Å². The van der Waals surface area contributed by atoms with Crippen LogP contribution in [-0.2, 0) is 19.2 Å². The summed E-state index contributed by atoms with van der Waals surface area (Å²) in [7, 11) is 1.46. The molecule has 1 N–H and O–H groups in total. The van der Waals surface area contributed by atoms with Crippen LogP contribution in [-0.4, -0.2) is 40.6 Å². The first-order chi connectivity index (χ1) is 23.2. The fourth-order valence-electron chi connectivity index (χ4n) is 7.49. The number of ketones is 2. The van der Waals surface area contributed by atoms with Gasteiger partial charge in [-0.15, -0.1) is 0 Å². The van der Waals surface area contributed by atoms with Gasteiger partial charge in [0.1, 0.15) is 5.52 Å². The molecule has 1 aromatic heterocycles. The minimum atomic E-state index is -0.694. The Morgan fingerprint density at radius 2 is 1.79 bits per heavy atom. The fourth-order valence-corrected chi connectivity index (χ4v) is 7.94. The number of allylic oxidation sites excluding steroid dienone is 7. The Bertz CT molecular complexity index is 2170. The zero-order valence-corrected chi connectivity index (χ0v) is 27.1. The molecule has 10 heteroatoms. The van der Waals surface area contributed by atoms with Gasteiger partial charge in [-0.1, -0.05) is 42.0 Å². The van der Waals surface area contributed by atoms with E-state index in [0.717, 1.165) is 11.1 Å². The Morgan fingerprint density at radius 3 is 2.56 bits per heavy atom. The van der Waals surface area contributed by atoms with Crippen molar-refractivity contribution < 1.29 is 33.4 Å². The molecular formula is C38H27BrN2O7. The van der Waals surface area contributed by atoms with E-state index in [4.69, 9.17) is 9.15 Å². The van der Waals surface area contributed by atoms with Gasteiger partial charge in [0, 0.05) is 28.7 Å². The smallest absolute Gasteiger partial charge is 0.238 e. The van der Waals surface area contributed by atoms with Crippen molar-refractivity contribution in [2.75, 3.05) is 12.0 Å². The molecule has 9 nitrogen and oxygen atoms in total. The van der Waals surface area contributed by atoms with Crippen molar-refractivity contribution in [1.29, 1.82) is 0 Å². The summed E-state index contributed by atoms with van der Waals surface area (Å²) in [5, 5.41) is 10.1. The Hall–Kier alpha value is -5.35. The number of amides is 2. The Balaban J connectivity index is 1.13. The van der Waals surface area contributed by atoms with Gasteiger partial charge in [-0.05, 0) is 88.8 Å². The van der Waals surface area contributed by atoms with E-state index in [0.29, 0.717) is 51.6 Å². The number of nitrogens with zero attached hydrogens (tertiary/aromatic N) is 2. The maximum Gasteiger partial charge on any atom is 0.238 e. The molecule has 48 heavy (non-hydrogen) atoms. The zero-order chi connectivity index (χ0) is 33.3. The summed E-state index contributed by atoms with van der Waals surface area (Å²) in [6.45, 7) is 0. The second-order valence-corrected chi connectivity index (χ2v) is 13.1. The molecule has 0 unspecified atom stereocenters. The highest BCUT2D eigenvalue weighted by Crippen LogP contribution is 2.53. The first-order valence-electron chi connectivity index (χ1n) is 15.5. The number of rotatable bonds is 5. The Kier molecular flexibility index (Phi) is 7.14. The van der Waals surface area contributed by atoms with E-state index in [2.05, 4.69) is 20.9 Å². The molecule has 238 valence electrons. The maximum absolute atomic E-state index is 14.2. The summed E-state index contributed by atoms with van der Waals surface area (Å²) in [5.74, 6) is -2.77. The van der Waals surface area contributed by atoms with Crippen molar-refractivity contribution in [3.8, 4) is 23.0 Å². The molecule has 8 rings (SSSR count). The van der Waals surface area contributed by atoms with Gasteiger partial charge in [0.2, 0.25) is 17.7 Å². The molecule has 1 saturated heterocycles. The molecule has 0 radical (unpaired) electrons. The molecular weight excluding hydrogens is 676 g/mol. The van der Waals surface area contributed by atoms with Crippen LogP contribution in [0.25, 0.3) is 28.6 Å². The van der Waals surface area contributed by atoms with Gasteiger partial charge >= 0.3 is 0 Å². The summed E-state index contributed by atoms with van der Waals surface area (Å²) < 4.78 is 11.3. The summed E-state index contributed by atoms with van der Waals surface area (Å²) in [4.78, 5) is 60.8. The minimum Gasteiger partial charge on any atom is -0.504 e. The first-order valence-corrected chi connectivity index (χ1v) is 16.3. The summed E-state index contributed by atoms with van der Waals surface area (Å²) >= 11 is 3.26. The number of ether oxygens (including phenoxy) is 1. The van der Waals surface area contributed by atoms with Gasteiger partial charge < -0.3 is 14.3 Å². The molecule has 0 saturated carbocycles. The fraction of sp³-hybridized carbons (Fsp3) is 0.184. The molecule has 4 atom stereocenters. The summed E-state index contributed by atoms with van der Waals surface area (Å²) in [6, 6.07) is 19.4. The lowest BCUT2D eigenvalue weighted by atomic mass is 9.61. The predicted molar refractivity (Wildman–Crippen MR) is 181 cm³/mol. The molecule has 1 aliphatic heterocycles. The quantitative estimate of drug-likeness (QED) is 0.138. The van der Waals surface area contributed by atoms with E-state index in [-0.39, 0.29) is 40.0 Å². The highest BCUT2D eigenvalue weighted by molar-refractivity contribution is 9.12. The number of Topliss-reactive ketones (excluding diaryl/α,β-unsaturated/α-hetero) is 1. The molecule has 2 heterocycles. The van der Waals surface area contributed by atoms with Crippen LogP contribution >= 0.6 is 15.9 Å². The monoisotopic (exact) mass is 702 g/mol. The van der Waals surface area contributed by atoms with Gasteiger partial charge in [0.25, 0.3) is 0 Å². The third-order valence-corrected chi connectivity index (χ3v) is 10.3. The number of hydrogen-bond acceptors (Lipinski definition) is 8. The normalized spacial score (nSPS) is 23.8. The number of aromatic nitrogens is 1. The third-order valence-electron chi connectivity index (χ3n) is 9.73. The average molecular weight is 704 g/mol. The summed E-state index contributed by atoms with van der Waals surface area (Å²) in [5.41, 5.74) is 4.86. The number of fused-ring (bicyclic) bond motifs is 4. The Morgan fingerprint density at radius 1 is 1.00 bits per heavy atom. The van der Waals surface area contributed by atoms with Crippen LogP contribution in [0.2, 0.25) is 0 Å². The molecule has 3 aliphatic carbocycles. The van der Waals surface area contributed by atoms with E-state index in [1.807, 2.05) is 42.5 Å². The number of methoxy groups -OCH3 is 1. The second kappa shape index (κ2) is 11.4. The highest BCUT2D eigenvalue weighted by atomic mass is 79.9. The van der Waals surface area contributed by atoms with E-state index in [9.17, 15) is 24.3 Å². The largest absolute Gasteiger partial charge is 0.504 e. The number of phenols is 1. The molecule has 4 aromatic rings. The van der Waals surface area contributed by atoms with Crippen LogP contribution in [0.1, 0.15) is 18.4 Å². The number of carbonyl (C=O) groups is 4. The number of imide groups is 1. The van der Waals surface area contributed by atoms with Crippen molar-refractivity contribution in [1.82, 2.24) is 4.98 Å².